The number of rotatable bonds is 2. The Morgan fingerprint density at radius 3 is 2.59 bits per heavy atom. The molecule has 0 bridgehead atoms. The average Bonchev–Trinajstić information content (AvgIpc) is 2.61. The second-order valence-electron chi connectivity index (χ2n) is 3.83. The average molecular weight is 235 g/mol. The van der Waals surface area contributed by atoms with E-state index in [0.29, 0.717) is 11.4 Å². The number of ether oxygens (including phenoxy) is 1. The van der Waals surface area contributed by atoms with Crippen LogP contribution in [0.5, 0.6) is 5.75 Å². The number of benzene rings is 1. The van der Waals surface area contributed by atoms with Gasteiger partial charge in [0.05, 0.1) is 30.5 Å². The van der Waals surface area contributed by atoms with Crippen LogP contribution in [0.4, 0.5) is 10.1 Å². The number of anilines is 1. The molecular formula is C12H14FN3O. The lowest BCUT2D eigenvalue weighted by atomic mass is 10.2. The van der Waals surface area contributed by atoms with E-state index in [2.05, 4.69) is 4.98 Å². The van der Waals surface area contributed by atoms with Crippen LogP contribution in [0.1, 0.15) is 11.4 Å². The van der Waals surface area contributed by atoms with Crippen LogP contribution in [0.15, 0.2) is 18.5 Å². The number of nitrogens with two attached hydrogens (primary N) is 1. The van der Waals surface area contributed by atoms with Gasteiger partial charge in [0.2, 0.25) is 0 Å². The molecule has 0 aliphatic heterocycles. The van der Waals surface area contributed by atoms with E-state index in [1.54, 1.807) is 12.4 Å². The van der Waals surface area contributed by atoms with E-state index in [1.807, 2.05) is 18.4 Å². The largest absolute Gasteiger partial charge is 0.494 e. The minimum Gasteiger partial charge on any atom is -0.494 e. The Kier molecular flexibility index (Phi) is 2.75. The van der Waals surface area contributed by atoms with Gasteiger partial charge in [-0.3, -0.25) is 0 Å². The van der Waals surface area contributed by atoms with Gasteiger partial charge in [-0.1, -0.05) is 0 Å². The number of methoxy groups -OCH3 is 1. The van der Waals surface area contributed by atoms with Crippen LogP contribution in [0.3, 0.4) is 0 Å². The fourth-order valence-corrected chi connectivity index (χ4v) is 1.66. The van der Waals surface area contributed by atoms with Crippen LogP contribution in [0.2, 0.25) is 0 Å². The van der Waals surface area contributed by atoms with E-state index in [9.17, 15) is 4.39 Å². The van der Waals surface area contributed by atoms with E-state index in [4.69, 9.17) is 10.5 Å². The highest BCUT2D eigenvalue weighted by molar-refractivity contribution is 5.61. The minimum absolute atomic E-state index is 0.167. The van der Waals surface area contributed by atoms with Crippen molar-refractivity contribution >= 4 is 5.69 Å². The van der Waals surface area contributed by atoms with Gasteiger partial charge in [0.1, 0.15) is 0 Å². The van der Waals surface area contributed by atoms with Crippen LogP contribution in [-0.2, 0) is 0 Å². The molecule has 0 aliphatic rings. The highest BCUT2D eigenvalue weighted by Crippen LogP contribution is 2.28. The molecule has 2 N–H and O–H groups in total. The van der Waals surface area contributed by atoms with E-state index in [1.165, 1.54) is 13.2 Å². The van der Waals surface area contributed by atoms with E-state index in [-0.39, 0.29) is 5.75 Å². The van der Waals surface area contributed by atoms with Crippen LogP contribution < -0.4 is 10.5 Å². The van der Waals surface area contributed by atoms with Crippen LogP contribution >= 0.6 is 0 Å². The molecule has 0 fully saturated rings. The zero-order valence-corrected chi connectivity index (χ0v) is 9.99. The number of hydrogen-bond donors (Lipinski definition) is 1. The molecule has 1 aromatic heterocycles. The topological polar surface area (TPSA) is 53.1 Å². The van der Waals surface area contributed by atoms with Gasteiger partial charge in [-0.15, -0.1) is 0 Å². The number of aromatic nitrogens is 2. The molecule has 1 heterocycles. The van der Waals surface area contributed by atoms with Crippen molar-refractivity contribution in [1.29, 1.82) is 0 Å². The Labute approximate surface area is 98.8 Å². The molecule has 2 rings (SSSR count). The number of halogens is 1. The van der Waals surface area contributed by atoms with E-state index >= 15 is 0 Å². The molecule has 0 unspecified atom stereocenters. The maximum absolute atomic E-state index is 13.4. The first-order valence-corrected chi connectivity index (χ1v) is 5.18. The molecule has 17 heavy (non-hydrogen) atoms. The van der Waals surface area contributed by atoms with Crippen molar-refractivity contribution in [3.05, 3.63) is 35.7 Å². The molecule has 0 spiro atoms. The summed E-state index contributed by atoms with van der Waals surface area (Å²) in [6.45, 7) is 3.83. The van der Waals surface area contributed by atoms with Gasteiger partial charge in [0.15, 0.2) is 11.6 Å². The fourth-order valence-electron chi connectivity index (χ4n) is 1.66. The number of nitrogen functional groups attached to an aromatic ring is 1. The van der Waals surface area contributed by atoms with E-state index < -0.39 is 5.82 Å². The fraction of sp³-hybridized carbons (Fsp3) is 0.250. The molecule has 2 aromatic rings. The molecule has 0 atom stereocenters. The number of aryl methyl sites for hydroxylation is 1. The molecule has 0 saturated heterocycles. The third-order valence-corrected chi connectivity index (χ3v) is 2.81. The van der Waals surface area contributed by atoms with Crippen LogP contribution in [0.25, 0.3) is 5.69 Å². The molecule has 90 valence electrons. The summed E-state index contributed by atoms with van der Waals surface area (Å²) in [5.41, 5.74) is 8.70. The lowest BCUT2D eigenvalue weighted by Gasteiger charge is -2.11. The summed E-state index contributed by atoms with van der Waals surface area (Å²) < 4.78 is 20.2. The van der Waals surface area contributed by atoms with Crippen molar-refractivity contribution in [2.75, 3.05) is 12.8 Å². The van der Waals surface area contributed by atoms with Crippen LogP contribution in [0, 0.1) is 19.7 Å². The summed E-state index contributed by atoms with van der Waals surface area (Å²) in [5.74, 6) is -0.303. The first-order chi connectivity index (χ1) is 8.04. The summed E-state index contributed by atoms with van der Waals surface area (Å²) in [4.78, 5) is 4.18. The van der Waals surface area contributed by atoms with Crippen molar-refractivity contribution in [3.8, 4) is 11.4 Å². The first kappa shape index (κ1) is 11.4. The summed E-state index contributed by atoms with van der Waals surface area (Å²) in [6, 6.07) is 2.82. The minimum atomic E-state index is -0.469. The molecule has 1 aromatic carbocycles. The van der Waals surface area contributed by atoms with Gasteiger partial charge in [-0.2, -0.15) is 0 Å². The second kappa shape index (κ2) is 4.08. The molecule has 5 heteroatoms. The molecule has 0 amide bonds. The highest BCUT2D eigenvalue weighted by Gasteiger charge is 2.12. The molecular weight excluding hydrogens is 221 g/mol. The Balaban J connectivity index is 2.63. The van der Waals surface area contributed by atoms with Gasteiger partial charge >= 0.3 is 0 Å². The zero-order valence-electron chi connectivity index (χ0n) is 9.99. The van der Waals surface area contributed by atoms with Crippen molar-refractivity contribution in [3.63, 3.8) is 0 Å². The summed E-state index contributed by atoms with van der Waals surface area (Å²) in [6.07, 6.45) is 1.66. The van der Waals surface area contributed by atoms with Crippen molar-refractivity contribution in [1.82, 2.24) is 9.55 Å². The van der Waals surface area contributed by atoms with Crippen molar-refractivity contribution in [2.45, 2.75) is 13.8 Å². The lowest BCUT2D eigenvalue weighted by Crippen LogP contribution is -2.02. The predicted octanol–water partition coefficient (Wildman–Crippen LogP) is 2.22. The maximum Gasteiger partial charge on any atom is 0.167 e. The van der Waals surface area contributed by atoms with Gasteiger partial charge in [-0.05, 0) is 13.8 Å². The summed E-state index contributed by atoms with van der Waals surface area (Å²) in [7, 11) is 1.42. The smallest absolute Gasteiger partial charge is 0.167 e. The molecule has 0 aliphatic carbocycles. The highest BCUT2D eigenvalue weighted by atomic mass is 19.1. The standard InChI is InChI=1S/C12H14FN3O/c1-7-8(2)16(6-15-7)11-5-12(17-3)9(13)4-10(11)14/h4-6H,14H2,1-3H3. The van der Waals surface area contributed by atoms with Gasteiger partial charge in [0.25, 0.3) is 0 Å². The Hall–Kier alpha value is -2.04. The van der Waals surface area contributed by atoms with Gasteiger partial charge < -0.3 is 15.0 Å². The Morgan fingerprint density at radius 2 is 2.06 bits per heavy atom. The number of hydrogen-bond acceptors (Lipinski definition) is 3. The molecule has 0 saturated carbocycles. The SMILES string of the molecule is COc1cc(-n2cnc(C)c2C)c(N)cc1F. The summed E-state index contributed by atoms with van der Waals surface area (Å²) >= 11 is 0. The maximum atomic E-state index is 13.4. The van der Waals surface area contributed by atoms with E-state index in [0.717, 1.165) is 11.4 Å². The third-order valence-electron chi connectivity index (χ3n) is 2.81. The molecule has 0 radical (unpaired) electrons. The van der Waals surface area contributed by atoms with Gasteiger partial charge in [-0.25, -0.2) is 9.37 Å². The van der Waals surface area contributed by atoms with Gasteiger partial charge in [0, 0.05) is 17.8 Å². The number of nitrogens with zero attached hydrogens (tertiary/aromatic N) is 2. The Morgan fingerprint density at radius 1 is 1.35 bits per heavy atom. The quantitative estimate of drug-likeness (QED) is 0.812. The lowest BCUT2D eigenvalue weighted by molar-refractivity contribution is 0.386. The van der Waals surface area contributed by atoms with Crippen molar-refractivity contribution < 1.29 is 9.13 Å². The van der Waals surface area contributed by atoms with Crippen LogP contribution in [-0.4, -0.2) is 16.7 Å². The first-order valence-electron chi connectivity index (χ1n) is 5.18. The third kappa shape index (κ3) is 1.84. The Bertz CT molecular complexity index is 563. The second-order valence-corrected chi connectivity index (χ2v) is 3.83. The summed E-state index contributed by atoms with van der Waals surface area (Å²) in [5, 5.41) is 0. The number of imidazole rings is 1. The predicted molar refractivity (Wildman–Crippen MR) is 64.0 cm³/mol. The monoisotopic (exact) mass is 235 g/mol. The zero-order chi connectivity index (χ0) is 12.6. The molecule has 4 nitrogen and oxygen atoms in total. The normalized spacial score (nSPS) is 10.6. The van der Waals surface area contributed by atoms with Crippen molar-refractivity contribution in [2.24, 2.45) is 0 Å².